The van der Waals surface area contributed by atoms with Gasteiger partial charge < -0.3 is 9.15 Å². The topological polar surface area (TPSA) is 39.4 Å². The maximum atomic E-state index is 13.1. The fourth-order valence-corrected chi connectivity index (χ4v) is 4.05. The highest BCUT2D eigenvalue weighted by atomic mass is 32.2. The van der Waals surface area contributed by atoms with Crippen LogP contribution in [0.2, 0.25) is 0 Å². The Morgan fingerprint density at radius 1 is 1.12 bits per heavy atom. The van der Waals surface area contributed by atoms with Crippen LogP contribution in [-0.2, 0) is 15.9 Å². The first-order valence-electron chi connectivity index (χ1n) is 7.82. The van der Waals surface area contributed by atoms with E-state index in [1.807, 2.05) is 61.5 Å². The Kier molecular flexibility index (Phi) is 4.76. The second kappa shape index (κ2) is 6.97. The number of hydrogen-bond acceptors (Lipinski definition) is 3. The average molecular weight is 340 g/mol. The summed E-state index contributed by atoms with van der Waals surface area (Å²) in [6, 6.07) is 15.3. The summed E-state index contributed by atoms with van der Waals surface area (Å²) in [4.78, 5) is 0.720. The minimum absolute atomic E-state index is 0.589. The fourth-order valence-electron chi connectivity index (χ4n) is 2.65. The maximum Gasteiger partial charge on any atom is 0.127 e. The number of ether oxygens (including phenoxy) is 1. The second-order valence-electron chi connectivity index (χ2n) is 5.42. The highest BCUT2D eigenvalue weighted by molar-refractivity contribution is 8.03. The van der Waals surface area contributed by atoms with Crippen LogP contribution in [-0.4, -0.2) is 16.7 Å². The maximum absolute atomic E-state index is 13.1. The SMILES string of the molecule is C=S(=O)(/C=C/Cc1ccco1)c1ccc(OCC)c2ccccc12. The molecule has 1 heterocycles. The van der Waals surface area contributed by atoms with Crippen LogP contribution in [0, 0.1) is 0 Å². The predicted octanol–water partition coefficient (Wildman–Crippen LogP) is 4.66. The monoisotopic (exact) mass is 340 g/mol. The highest BCUT2D eigenvalue weighted by Gasteiger charge is 2.12. The summed E-state index contributed by atoms with van der Waals surface area (Å²) < 4.78 is 24.1. The highest BCUT2D eigenvalue weighted by Crippen LogP contribution is 2.32. The van der Waals surface area contributed by atoms with E-state index in [-0.39, 0.29) is 0 Å². The van der Waals surface area contributed by atoms with Crippen LogP contribution in [0.1, 0.15) is 12.7 Å². The molecule has 24 heavy (non-hydrogen) atoms. The molecule has 1 atom stereocenters. The molecule has 3 aromatic rings. The molecule has 0 aliphatic carbocycles. The van der Waals surface area contributed by atoms with Crippen LogP contribution in [0.25, 0.3) is 10.8 Å². The predicted molar refractivity (Wildman–Crippen MR) is 100 cm³/mol. The Hall–Kier alpha value is -2.46. The van der Waals surface area contributed by atoms with Crippen molar-refractivity contribution in [2.24, 2.45) is 0 Å². The third-order valence-corrected chi connectivity index (χ3v) is 5.46. The normalized spacial score (nSPS) is 14.0. The van der Waals surface area contributed by atoms with Crippen molar-refractivity contribution >= 4 is 26.2 Å². The molecule has 0 spiro atoms. The van der Waals surface area contributed by atoms with Crippen LogP contribution in [0.4, 0.5) is 0 Å². The number of furan rings is 1. The summed E-state index contributed by atoms with van der Waals surface area (Å²) in [7, 11) is -2.55. The van der Waals surface area contributed by atoms with Gasteiger partial charge in [0.25, 0.3) is 0 Å². The van der Waals surface area contributed by atoms with Gasteiger partial charge in [-0.2, -0.15) is 0 Å². The molecule has 0 saturated heterocycles. The van der Waals surface area contributed by atoms with E-state index in [9.17, 15) is 4.21 Å². The van der Waals surface area contributed by atoms with Crippen molar-refractivity contribution in [2.45, 2.75) is 18.2 Å². The molecular formula is C20H20O3S. The molecule has 1 unspecified atom stereocenters. The Balaban J connectivity index is 1.98. The molecule has 124 valence electrons. The zero-order valence-corrected chi connectivity index (χ0v) is 14.4. The zero-order chi connectivity index (χ0) is 17.0. The lowest BCUT2D eigenvalue weighted by Crippen LogP contribution is -1.99. The summed E-state index contributed by atoms with van der Waals surface area (Å²) in [5.74, 6) is 5.58. The molecule has 4 heteroatoms. The van der Waals surface area contributed by atoms with E-state index in [1.165, 1.54) is 0 Å². The molecule has 1 aromatic heterocycles. The van der Waals surface area contributed by atoms with Crippen molar-refractivity contribution in [3.05, 3.63) is 72.0 Å². The Bertz CT molecular complexity index is 952. The van der Waals surface area contributed by atoms with Gasteiger partial charge in [0.15, 0.2) is 0 Å². The molecule has 0 saturated carbocycles. The Labute approximate surface area is 142 Å². The van der Waals surface area contributed by atoms with Gasteiger partial charge in [-0.1, -0.05) is 30.3 Å². The van der Waals surface area contributed by atoms with Crippen LogP contribution in [0.5, 0.6) is 5.75 Å². The first-order valence-corrected chi connectivity index (χ1v) is 9.61. The molecule has 0 fully saturated rings. The Morgan fingerprint density at radius 3 is 2.62 bits per heavy atom. The number of rotatable bonds is 6. The number of hydrogen-bond donors (Lipinski definition) is 0. The van der Waals surface area contributed by atoms with Gasteiger partial charge in [-0.05, 0) is 42.5 Å². The summed E-state index contributed by atoms with van der Waals surface area (Å²) in [6.07, 6.45) is 4.07. The lowest BCUT2D eigenvalue weighted by atomic mass is 10.1. The number of allylic oxidation sites excluding steroid dienone is 1. The molecule has 0 amide bonds. The quantitative estimate of drug-likeness (QED) is 0.613. The first kappa shape index (κ1) is 16.4. The van der Waals surface area contributed by atoms with Gasteiger partial charge in [0.05, 0.1) is 12.9 Å². The minimum Gasteiger partial charge on any atom is -0.493 e. The van der Waals surface area contributed by atoms with Gasteiger partial charge in [-0.15, -0.1) is 0 Å². The van der Waals surface area contributed by atoms with Gasteiger partial charge in [-0.25, -0.2) is 0 Å². The smallest absolute Gasteiger partial charge is 0.127 e. The van der Waals surface area contributed by atoms with Gasteiger partial charge in [0, 0.05) is 31.6 Å². The van der Waals surface area contributed by atoms with Crippen LogP contribution in [0.3, 0.4) is 0 Å². The second-order valence-corrected chi connectivity index (χ2v) is 7.59. The van der Waals surface area contributed by atoms with E-state index in [0.717, 1.165) is 27.2 Å². The molecule has 0 N–H and O–H groups in total. The fraction of sp³-hybridized carbons (Fsp3) is 0.150. The van der Waals surface area contributed by atoms with Crippen molar-refractivity contribution in [1.29, 1.82) is 0 Å². The zero-order valence-electron chi connectivity index (χ0n) is 13.6. The average Bonchev–Trinajstić information content (AvgIpc) is 3.08. The van der Waals surface area contributed by atoms with Crippen LogP contribution < -0.4 is 4.74 Å². The summed E-state index contributed by atoms with van der Waals surface area (Å²) in [6.45, 7) is 2.54. The Morgan fingerprint density at radius 2 is 1.92 bits per heavy atom. The van der Waals surface area contributed by atoms with E-state index < -0.39 is 9.52 Å². The van der Waals surface area contributed by atoms with Crippen molar-refractivity contribution in [1.82, 2.24) is 0 Å². The van der Waals surface area contributed by atoms with E-state index in [1.54, 1.807) is 11.7 Å². The molecule has 0 bridgehead atoms. The molecule has 3 nitrogen and oxygen atoms in total. The third-order valence-electron chi connectivity index (χ3n) is 3.73. The summed E-state index contributed by atoms with van der Waals surface area (Å²) in [5.41, 5.74) is 0. The van der Waals surface area contributed by atoms with Crippen LogP contribution >= 0.6 is 0 Å². The van der Waals surface area contributed by atoms with Crippen molar-refractivity contribution in [3.8, 4) is 5.75 Å². The standard InChI is InChI=1S/C20H20O3S/c1-3-22-19-12-13-20(18-11-5-4-10-17(18)19)24(2,21)15-7-9-16-8-6-14-23-16/h4-8,10-15H,2-3,9H2,1H3/b15-7+. The van der Waals surface area contributed by atoms with E-state index in [0.29, 0.717) is 13.0 Å². The molecule has 0 aliphatic heterocycles. The van der Waals surface area contributed by atoms with Crippen LogP contribution in [0.15, 0.2) is 75.6 Å². The largest absolute Gasteiger partial charge is 0.493 e. The third kappa shape index (κ3) is 3.39. The molecular weight excluding hydrogens is 320 g/mol. The van der Waals surface area contributed by atoms with Crippen molar-refractivity contribution in [2.75, 3.05) is 6.61 Å². The number of fused-ring (bicyclic) bond motifs is 1. The lowest BCUT2D eigenvalue weighted by Gasteiger charge is -2.13. The minimum atomic E-state index is -2.55. The molecule has 0 aliphatic rings. The lowest BCUT2D eigenvalue weighted by molar-refractivity contribution is 0.344. The van der Waals surface area contributed by atoms with Gasteiger partial charge >= 0.3 is 0 Å². The van der Waals surface area contributed by atoms with Crippen molar-refractivity contribution in [3.63, 3.8) is 0 Å². The summed E-state index contributed by atoms with van der Waals surface area (Å²) in [5, 5.41) is 3.54. The summed E-state index contributed by atoms with van der Waals surface area (Å²) >= 11 is 0. The molecule has 3 rings (SSSR count). The molecule has 2 aromatic carbocycles. The first-order chi connectivity index (χ1) is 11.6. The van der Waals surface area contributed by atoms with E-state index >= 15 is 0 Å². The van der Waals surface area contributed by atoms with E-state index in [2.05, 4.69) is 5.87 Å². The van der Waals surface area contributed by atoms with Gasteiger partial charge in [0.2, 0.25) is 0 Å². The number of benzene rings is 2. The van der Waals surface area contributed by atoms with Gasteiger partial charge in [-0.3, -0.25) is 4.21 Å². The van der Waals surface area contributed by atoms with E-state index in [4.69, 9.17) is 9.15 Å². The molecule has 0 radical (unpaired) electrons. The van der Waals surface area contributed by atoms with Crippen molar-refractivity contribution < 1.29 is 13.4 Å². The van der Waals surface area contributed by atoms with Gasteiger partial charge in [0.1, 0.15) is 11.5 Å².